The van der Waals surface area contributed by atoms with Crippen LogP contribution in [0.15, 0.2) is 57.5 Å². The van der Waals surface area contributed by atoms with Crippen LogP contribution in [-0.2, 0) is 0 Å². The van der Waals surface area contributed by atoms with E-state index in [4.69, 9.17) is 0 Å². The van der Waals surface area contributed by atoms with Gasteiger partial charge in [0.05, 0.1) is 11.8 Å². The highest BCUT2D eigenvalue weighted by atomic mass is 79.9. The minimum absolute atomic E-state index is 0.207. The Kier molecular flexibility index (Phi) is 13.8. The maximum absolute atomic E-state index is 15.4. The summed E-state index contributed by atoms with van der Waals surface area (Å²) in [5.74, 6) is -92.8. The third kappa shape index (κ3) is 8.11. The number of alkyl halides is 26. The molecule has 0 nitrogen and oxygen atoms in total. The molecular formula is C28H14Br2F26S. The van der Waals surface area contributed by atoms with Gasteiger partial charge in [-0.25, -0.2) is 0 Å². The average Bonchev–Trinajstić information content (AvgIpc) is 3.04. The first-order valence-corrected chi connectivity index (χ1v) is 16.7. The minimum atomic E-state index is -8.42. The van der Waals surface area contributed by atoms with Gasteiger partial charge in [0, 0.05) is 20.5 Å². The number of halogens is 28. The van der Waals surface area contributed by atoms with Crippen molar-refractivity contribution in [3.63, 3.8) is 0 Å². The Morgan fingerprint density at radius 1 is 0.333 bits per heavy atom. The predicted octanol–water partition coefficient (Wildman–Crippen LogP) is 14.3. The smallest absolute Gasteiger partial charge is 0.199 e. The topological polar surface area (TPSA) is 0 Å². The molecule has 2 rings (SSSR count). The molecule has 0 amide bonds. The zero-order valence-electron chi connectivity index (χ0n) is 26.2. The molecule has 0 saturated carbocycles. The largest absolute Gasteiger partial charge is 0.460 e. The van der Waals surface area contributed by atoms with Crippen LogP contribution in [0, 0.1) is 0 Å². The zero-order chi connectivity index (χ0) is 45.2. The van der Waals surface area contributed by atoms with Crippen LogP contribution in [0.4, 0.5) is 114 Å². The minimum Gasteiger partial charge on any atom is -0.199 e. The van der Waals surface area contributed by atoms with Crippen molar-refractivity contribution in [1.29, 1.82) is 0 Å². The summed E-state index contributed by atoms with van der Waals surface area (Å²) in [6.45, 7) is 0. The lowest BCUT2D eigenvalue weighted by atomic mass is 9.84. The second kappa shape index (κ2) is 15.4. The first kappa shape index (κ1) is 51.1. The Bertz CT molecular complexity index is 1560. The van der Waals surface area contributed by atoms with Gasteiger partial charge in [-0.15, -0.1) is 0 Å². The monoisotopic (exact) mass is 1030 g/mol. The van der Waals surface area contributed by atoms with Crippen LogP contribution in [0.2, 0.25) is 0 Å². The average molecular weight is 1040 g/mol. The number of hydrogen-bond acceptors (Lipinski definition) is 1. The van der Waals surface area contributed by atoms with Gasteiger partial charge in [0.2, 0.25) is 0 Å². The molecule has 0 bridgehead atoms. The predicted molar refractivity (Wildman–Crippen MR) is 153 cm³/mol. The van der Waals surface area contributed by atoms with Crippen LogP contribution in [-0.4, -0.2) is 83.1 Å². The van der Waals surface area contributed by atoms with E-state index >= 15 is 17.6 Å². The van der Waals surface area contributed by atoms with Gasteiger partial charge in [-0.2, -0.15) is 126 Å². The molecule has 0 radical (unpaired) electrons. The molecule has 0 spiro atoms. The van der Waals surface area contributed by atoms with Gasteiger partial charge in [-0.05, 0) is 35.4 Å². The molecule has 0 aromatic heterocycles. The van der Waals surface area contributed by atoms with Crippen molar-refractivity contribution in [2.75, 3.05) is 11.5 Å². The van der Waals surface area contributed by atoms with Crippen molar-refractivity contribution in [2.45, 2.75) is 83.4 Å². The van der Waals surface area contributed by atoms with Crippen molar-refractivity contribution in [3.8, 4) is 0 Å². The van der Waals surface area contributed by atoms with Gasteiger partial charge in [0.15, 0.2) is 0 Å². The van der Waals surface area contributed by atoms with Gasteiger partial charge >= 0.3 is 71.6 Å². The van der Waals surface area contributed by atoms with E-state index < -0.39 is 118 Å². The van der Waals surface area contributed by atoms with E-state index in [1.165, 1.54) is 0 Å². The van der Waals surface area contributed by atoms with E-state index in [1.807, 2.05) is 0 Å². The van der Waals surface area contributed by atoms with E-state index in [0.29, 0.717) is 24.3 Å². The van der Waals surface area contributed by atoms with E-state index in [1.54, 1.807) is 0 Å². The Labute approximate surface area is 320 Å². The van der Waals surface area contributed by atoms with Crippen LogP contribution in [0.25, 0.3) is 0 Å². The van der Waals surface area contributed by atoms with Gasteiger partial charge in [0.1, 0.15) is 0 Å². The molecule has 0 saturated heterocycles. The molecule has 57 heavy (non-hydrogen) atoms. The summed E-state index contributed by atoms with van der Waals surface area (Å²) in [6, 6.07) is 3.07. The van der Waals surface area contributed by atoms with Gasteiger partial charge in [-0.1, -0.05) is 56.1 Å². The molecule has 0 N–H and O–H groups in total. The van der Waals surface area contributed by atoms with Crippen molar-refractivity contribution in [2.24, 2.45) is 0 Å². The van der Waals surface area contributed by atoms with Crippen LogP contribution < -0.4 is 0 Å². The molecule has 0 aliphatic carbocycles. The Hall–Kier alpha value is -2.07. The summed E-state index contributed by atoms with van der Waals surface area (Å²) < 4.78 is 363. The summed E-state index contributed by atoms with van der Waals surface area (Å²) in [7, 11) is 0. The Morgan fingerprint density at radius 3 is 0.754 bits per heavy atom. The highest BCUT2D eigenvalue weighted by molar-refractivity contribution is 9.10. The van der Waals surface area contributed by atoms with E-state index in [-0.39, 0.29) is 33.2 Å². The van der Waals surface area contributed by atoms with E-state index in [0.717, 1.165) is 0 Å². The Balaban J connectivity index is 2.78. The zero-order valence-corrected chi connectivity index (χ0v) is 30.2. The molecule has 0 aliphatic heterocycles. The molecule has 2 atom stereocenters. The highest BCUT2D eigenvalue weighted by Gasteiger charge is 2.92. The van der Waals surface area contributed by atoms with Crippen molar-refractivity contribution in [1.82, 2.24) is 0 Å². The quantitative estimate of drug-likeness (QED) is 0.151. The highest BCUT2D eigenvalue weighted by Crippen LogP contribution is 2.64. The summed E-state index contributed by atoms with van der Waals surface area (Å²) in [5, 5.41) is 0. The second-order valence-electron chi connectivity index (χ2n) is 11.6. The maximum atomic E-state index is 15.4. The standard InChI is InChI=1S/C28H14Br2F26S/c29-13-5-1-11(2-6-13)15(17(31,32)19(35,36)21(39,40)23(43,44)25(47,48)27(51,52)53)9-57-10-16(12-3-7-14(30)8-4-12)18(33,34)20(37,38)22(41,42)24(45,46)26(49,50)28(54,55)56/h1-8,15-16H,9-10H2. The molecular weight excluding hydrogens is 1020 g/mol. The molecule has 2 aromatic rings. The fourth-order valence-corrected chi connectivity index (χ4v) is 6.46. The lowest BCUT2D eigenvalue weighted by Crippen LogP contribution is -2.71. The molecule has 29 heteroatoms. The first-order chi connectivity index (χ1) is 25.0. The van der Waals surface area contributed by atoms with Crippen LogP contribution in [0.5, 0.6) is 0 Å². The SMILES string of the molecule is FC(F)(F)C(F)(F)C(F)(F)C(F)(F)C(F)(F)C(F)(F)C(CSCC(c1ccc(Br)cc1)C(F)(F)C(F)(F)C(F)(F)C(F)(F)C(F)(F)C(F)(F)F)c1ccc(Br)cc1. The third-order valence-corrected chi connectivity index (χ3v) is 10.1. The molecule has 2 aromatic carbocycles. The van der Waals surface area contributed by atoms with E-state index in [2.05, 4.69) is 31.9 Å². The fraction of sp³-hybridized carbons (Fsp3) is 0.571. The lowest BCUT2D eigenvalue weighted by molar-refractivity contribution is -0.441. The third-order valence-electron chi connectivity index (χ3n) is 7.90. The number of thioether (sulfide) groups is 1. The van der Waals surface area contributed by atoms with Gasteiger partial charge in [0.25, 0.3) is 0 Å². The normalized spacial score (nSPS) is 16.5. The van der Waals surface area contributed by atoms with Gasteiger partial charge in [-0.3, -0.25) is 0 Å². The number of rotatable bonds is 16. The molecule has 0 fully saturated rings. The summed E-state index contributed by atoms with van der Waals surface area (Å²) >= 11 is 4.33. The van der Waals surface area contributed by atoms with Crippen LogP contribution >= 0.6 is 43.6 Å². The molecule has 0 aliphatic rings. The van der Waals surface area contributed by atoms with Gasteiger partial charge < -0.3 is 0 Å². The summed E-state index contributed by atoms with van der Waals surface area (Å²) in [6.07, 6.45) is -15.6. The second-order valence-corrected chi connectivity index (χ2v) is 14.5. The molecule has 0 heterocycles. The van der Waals surface area contributed by atoms with Crippen molar-refractivity contribution >= 4 is 43.6 Å². The van der Waals surface area contributed by atoms with Crippen LogP contribution in [0.3, 0.4) is 0 Å². The van der Waals surface area contributed by atoms with Crippen molar-refractivity contribution in [3.05, 3.63) is 68.6 Å². The van der Waals surface area contributed by atoms with Crippen molar-refractivity contribution < 1.29 is 114 Å². The Morgan fingerprint density at radius 2 is 0.544 bits per heavy atom. The van der Waals surface area contributed by atoms with E-state index in [9.17, 15) is 96.6 Å². The number of hydrogen-bond donors (Lipinski definition) is 0. The maximum Gasteiger partial charge on any atom is 0.460 e. The summed E-state index contributed by atoms with van der Waals surface area (Å²) in [5.41, 5.74) is -3.04. The number of benzene rings is 2. The van der Waals surface area contributed by atoms with Crippen LogP contribution in [0.1, 0.15) is 23.0 Å². The molecule has 2 unspecified atom stereocenters. The summed E-state index contributed by atoms with van der Waals surface area (Å²) in [4.78, 5) is 0. The fourth-order valence-electron chi connectivity index (χ4n) is 4.52. The first-order valence-electron chi connectivity index (χ1n) is 14.0. The lowest BCUT2D eigenvalue weighted by Gasteiger charge is -2.42. The molecule has 328 valence electrons.